The highest BCUT2D eigenvalue weighted by Crippen LogP contribution is 2.23. The highest BCUT2D eigenvalue weighted by molar-refractivity contribution is 6.30. The van der Waals surface area contributed by atoms with Crippen LogP contribution in [0.1, 0.15) is 50.2 Å². The van der Waals surface area contributed by atoms with Crippen LogP contribution in [0.3, 0.4) is 0 Å². The van der Waals surface area contributed by atoms with Crippen LogP contribution in [-0.4, -0.2) is 24.5 Å². The van der Waals surface area contributed by atoms with Gasteiger partial charge in [0, 0.05) is 11.6 Å². The van der Waals surface area contributed by atoms with Crippen LogP contribution >= 0.6 is 11.6 Å². The Hall–Kier alpha value is -2.92. The molecular weight excluding hydrogens is 429 g/mol. The van der Waals surface area contributed by atoms with Gasteiger partial charge in [-0.05, 0) is 80.5 Å². The summed E-state index contributed by atoms with van der Waals surface area (Å²) in [4.78, 5) is 25.4. The fraction of sp³-hybridized carbons (Fsp3) is 0.308. The van der Waals surface area contributed by atoms with Crippen LogP contribution in [0.4, 0.5) is 4.39 Å². The molecule has 0 unspecified atom stereocenters. The molecule has 0 spiro atoms. The van der Waals surface area contributed by atoms with Gasteiger partial charge in [0.15, 0.2) is 6.10 Å². The SMILES string of the molecule is C[C@@H](OC(=O)/C(=C/c1ccc(Cl)cc1)c1ccc(F)cc1)C(=O)NCCC1=CCCCC1. The number of esters is 1. The largest absolute Gasteiger partial charge is 0.449 e. The normalized spacial score (nSPS) is 15.0. The van der Waals surface area contributed by atoms with Crippen LogP contribution in [-0.2, 0) is 14.3 Å². The minimum Gasteiger partial charge on any atom is -0.449 e. The molecule has 2 aromatic rings. The highest BCUT2D eigenvalue weighted by atomic mass is 35.5. The highest BCUT2D eigenvalue weighted by Gasteiger charge is 2.21. The van der Waals surface area contributed by atoms with Crippen LogP contribution in [0.15, 0.2) is 60.2 Å². The fourth-order valence-corrected chi connectivity index (χ4v) is 3.64. The first-order valence-electron chi connectivity index (χ1n) is 10.8. The zero-order chi connectivity index (χ0) is 22.9. The molecule has 0 aliphatic heterocycles. The second-order valence-electron chi connectivity index (χ2n) is 7.81. The molecule has 0 saturated heterocycles. The number of halogens is 2. The van der Waals surface area contributed by atoms with Crippen molar-refractivity contribution in [2.24, 2.45) is 0 Å². The summed E-state index contributed by atoms with van der Waals surface area (Å²) in [5, 5.41) is 3.41. The van der Waals surface area contributed by atoms with Crippen LogP contribution in [0.2, 0.25) is 5.02 Å². The number of hydrogen-bond donors (Lipinski definition) is 1. The third-order valence-corrected chi connectivity index (χ3v) is 5.59. The zero-order valence-electron chi connectivity index (χ0n) is 18.1. The van der Waals surface area contributed by atoms with E-state index < -0.39 is 17.9 Å². The minimum atomic E-state index is -0.961. The van der Waals surface area contributed by atoms with Gasteiger partial charge in [-0.2, -0.15) is 0 Å². The van der Waals surface area contributed by atoms with Crippen molar-refractivity contribution in [1.82, 2.24) is 5.32 Å². The molecule has 2 aromatic carbocycles. The quantitative estimate of drug-likeness (QED) is 0.231. The molecule has 0 fully saturated rings. The summed E-state index contributed by atoms with van der Waals surface area (Å²) in [6.07, 6.45) is 8.32. The summed E-state index contributed by atoms with van der Waals surface area (Å²) in [6.45, 7) is 2.05. The maximum absolute atomic E-state index is 13.4. The Morgan fingerprint density at radius 2 is 1.84 bits per heavy atom. The van der Waals surface area contributed by atoms with Crippen molar-refractivity contribution in [3.63, 3.8) is 0 Å². The number of rotatable bonds is 8. The van der Waals surface area contributed by atoms with Crippen molar-refractivity contribution < 1.29 is 18.7 Å². The maximum Gasteiger partial charge on any atom is 0.339 e. The van der Waals surface area contributed by atoms with Gasteiger partial charge in [0.05, 0.1) is 5.57 Å². The van der Waals surface area contributed by atoms with Gasteiger partial charge in [0.1, 0.15) is 5.82 Å². The Bertz CT molecular complexity index is 997. The van der Waals surface area contributed by atoms with Gasteiger partial charge in [-0.1, -0.05) is 47.5 Å². The van der Waals surface area contributed by atoms with E-state index in [0.29, 0.717) is 17.1 Å². The van der Waals surface area contributed by atoms with Crippen molar-refractivity contribution >= 4 is 35.1 Å². The van der Waals surface area contributed by atoms with Crippen LogP contribution in [0, 0.1) is 5.82 Å². The Balaban J connectivity index is 1.67. The molecule has 4 nitrogen and oxygen atoms in total. The molecule has 0 radical (unpaired) electrons. The Morgan fingerprint density at radius 3 is 2.50 bits per heavy atom. The fourth-order valence-electron chi connectivity index (χ4n) is 3.51. The molecule has 32 heavy (non-hydrogen) atoms. The molecule has 0 aromatic heterocycles. The van der Waals surface area contributed by atoms with E-state index in [1.165, 1.54) is 49.6 Å². The van der Waals surface area contributed by atoms with Crippen LogP contribution in [0.25, 0.3) is 11.6 Å². The second-order valence-corrected chi connectivity index (χ2v) is 8.25. The molecule has 1 aliphatic carbocycles. The predicted octanol–water partition coefficient (Wildman–Crippen LogP) is 5.96. The summed E-state index contributed by atoms with van der Waals surface area (Å²) in [6, 6.07) is 12.5. The number of benzene rings is 2. The number of carbonyl (C=O) groups is 2. The monoisotopic (exact) mass is 455 g/mol. The van der Waals surface area contributed by atoms with E-state index in [4.69, 9.17) is 16.3 Å². The van der Waals surface area contributed by atoms with Gasteiger partial charge in [0.2, 0.25) is 0 Å². The summed E-state index contributed by atoms with van der Waals surface area (Å²) >= 11 is 5.94. The van der Waals surface area contributed by atoms with Crippen molar-refractivity contribution in [2.75, 3.05) is 6.54 Å². The van der Waals surface area contributed by atoms with Gasteiger partial charge in [-0.3, -0.25) is 4.79 Å². The van der Waals surface area contributed by atoms with Crippen molar-refractivity contribution in [1.29, 1.82) is 0 Å². The lowest BCUT2D eigenvalue weighted by Crippen LogP contribution is -2.36. The molecular formula is C26H27ClFNO3. The van der Waals surface area contributed by atoms with Gasteiger partial charge >= 0.3 is 5.97 Å². The van der Waals surface area contributed by atoms with E-state index >= 15 is 0 Å². The summed E-state index contributed by atoms with van der Waals surface area (Å²) in [7, 11) is 0. The van der Waals surface area contributed by atoms with Crippen molar-refractivity contribution in [3.05, 3.63) is 82.1 Å². The average molecular weight is 456 g/mol. The lowest BCUT2D eigenvalue weighted by Gasteiger charge is -2.16. The Kier molecular flexibility index (Phi) is 8.63. The van der Waals surface area contributed by atoms with E-state index in [1.54, 1.807) is 30.3 Å². The third-order valence-electron chi connectivity index (χ3n) is 5.34. The first-order valence-corrected chi connectivity index (χ1v) is 11.2. The third kappa shape index (κ3) is 7.06. The molecule has 0 bridgehead atoms. The van der Waals surface area contributed by atoms with E-state index in [0.717, 1.165) is 24.8 Å². The minimum absolute atomic E-state index is 0.222. The molecule has 0 heterocycles. The summed E-state index contributed by atoms with van der Waals surface area (Å²) in [5.74, 6) is -1.42. The predicted molar refractivity (Wildman–Crippen MR) is 125 cm³/mol. The lowest BCUT2D eigenvalue weighted by atomic mass is 9.97. The van der Waals surface area contributed by atoms with Crippen LogP contribution in [0.5, 0.6) is 0 Å². The molecule has 1 amide bonds. The summed E-state index contributed by atoms with van der Waals surface area (Å²) < 4.78 is 18.8. The van der Waals surface area contributed by atoms with Gasteiger partial charge in [-0.25, -0.2) is 9.18 Å². The van der Waals surface area contributed by atoms with Crippen molar-refractivity contribution in [3.8, 4) is 0 Å². The molecule has 1 aliphatic rings. The number of carbonyl (C=O) groups excluding carboxylic acids is 2. The smallest absolute Gasteiger partial charge is 0.339 e. The van der Waals surface area contributed by atoms with E-state index in [1.807, 2.05) is 0 Å². The van der Waals surface area contributed by atoms with Crippen LogP contribution < -0.4 is 5.32 Å². The molecule has 1 atom stereocenters. The number of amides is 1. The molecule has 168 valence electrons. The van der Waals surface area contributed by atoms with E-state index in [9.17, 15) is 14.0 Å². The Morgan fingerprint density at radius 1 is 1.12 bits per heavy atom. The molecule has 6 heteroatoms. The molecule has 1 N–H and O–H groups in total. The lowest BCUT2D eigenvalue weighted by molar-refractivity contribution is -0.149. The summed E-state index contributed by atoms with van der Waals surface area (Å²) in [5.41, 5.74) is 2.80. The van der Waals surface area contributed by atoms with Gasteiger partial charge < -0.3 is 10.1 Å². The average Bonchev–Trinajstić information content (AvgIpc) is 2.80. The zero-order valence-corrected chi connectivity index (χ0v) is 18.8. The van der Waals surface area contributed by atoms with Gasteiger partial charge in [0.25, 0.3) is 5.91 Å². The Labute approximate surface area is 193 Å². The first kappa shape index (κ1) is 23.7. The standard InChI is InChI=1S/C26H27ClFNO3/c1-18(25(30)29-16-15-19-5-3-2-4-6-19)32-26(31)24(21-9-13-23(28)14-10-21)17-20-7-11-22(27)12-8-20/h5,7-14,17-18H,2-4,6,15-16H2,1H3,(H,29,30)/b24-17+/t18-/m1/s1. The van der Waals surface area contributed by atoms with Gasteiger partial charge in [-0.15, -0.1) is 0 Å². The molecule has 0 saturated carbocycles. The number of allylic oxidation sites excluding steroid dienone is 1. The van der Waals surface area contributed by atoms with E-state index in [2.05, 4.69) is 11.4 Å². The number of nitrogens with one attached hydrogen (secondary N) is 1. The topological polar surface area (TPSA) is 55.4 Å². The first-order chi connectivity index (χ1) is 15.4. The van der Waals surface area contributed by atoms with Crippen molar-refractivity contribution in [2.45, 2.75) is 45.1 Å². The number of hydrogen-bond acceptors (Lipinski definition) is 3. The molecule has 3 rings (SSSR count). The van der Waals surface area contributed by atoms with E-state index in [-0.39, 0.29) is 11.5 Å². The second kappa shape index (κ2) is 11.6. The number of ether oxygens (including phenoxy) is 1. The maximum atomic E-state index is 13.4.